The smallest absolute Gasteiger partial charge is 0.329 e. The number of hydrogen-bond donors (Lipinski definition) is 2. The number of nitrogen functional groups attached to an aromatic ring is 1. The van der Waals surface area contributed by atoms with Gasteiger partial charge >= 0.3 is 6.03 Å². The summed E-state index contributed by atoms with van der Waals surface area (Å²) < 4.78 is 0. The summed E-state index contributed by atoms with van der Waals surface area (Å²) in [6.45, 7) is 1.65. The number of carbonyl (C=O) groups is 2. The van der Waals surface area contributed by atoms with Crippen LogP contribution in [0.25, 0.3) is 0 Å². The molecule has 1 aliphatic heterocycles. The predicted octanol–water partition coefficient (Wildman–Crippen LogP) is 0.714. The van der Waals surface area contributed by atoms with Crippen molar-refractivity contribution in [1.29, 1.82) is 0 Å². The van der Waals surface area contributed by atoms with Crippen LogP contribution < -0.4 is 16.0 Å². The van der Waals surface area contributed by atoms with E-state index in [1.54, 1.807) is 31.2 Å². The predicted molar refractivity (Wildman–Crippen MR) is 56.3 cm³/mol. The van der Waals surface area contributed by atoms with Crippen LogP contribution in [0.2, 0.25) is 0 Å². The molecule has 1 fully saturated rings. The number of hydrogen-bond acceptors (Lipinski definition) is 3. The fraction of sp³-hybridized carbons (Fsp3) is 0.200. The summed E-state index contributed by atoms with van der Waals surface area (Å²) in [6.07, 6.45) is 0. The van der Waals surface area contributed by atoms with Gasteiger partial charge in [0.15, 0.2) is 0 Å². The second-order valence-electron chi connectivity index (χ2n) is 3.44. The minimum atomic E-state index is -0.473. The maximum atomic E-state index is 11.6. The number of benzene rings is 1. The summed E-state index contributed by atoms with van der Waals surface area (Å²) in [5.41, 5.74) is 6.60. The molecule has 1 heterocycles. The summed E-state index contributed by atoms with van der Waals surface area (Å²) in [7, 11) is 0. The molecule has 78 valence electrons. The van der Waals surface area contributed by atoms with E-state index in [0.717, 1.165) is 4.90 Å². The van der Waals surface area contributed by atoms with Gasteiger partial charge in [-0.1, -0.05) is 6.07 Å². The Hall–Kier alpha value is -2.04. The number of anilines is 2. The van der Waals surface area contributed by atoms with Crippen molar-refractivity contribution in [2.24, 2.45) is 0 Å². The van der Waals surface area contributed by atoms with E-state index in [9.17, 15) is 9.59 Å². The molecule has 1 aromatic rings. The van der Waals surface area contributed by atoms with Crippen molar-refractivity contribution in [1.82, 2.24) is 5.32 Å². The van der Waals surface area contributed by atoms with Gasteiger partial charge in [-0.05, 0) is 25.1 Å². The van der Waals surface area contributed by atoms with E-state index in [-0.39, 0.29) is 5.91 Å². The minimum Gasteiger partial charge on any atom is -0.399 e. The Kier molecular flexibility index (Phi) is 2.07. The number of rotatable bonds is 1. The van der Waals surface area contributed by atoms with E-state index in [1.165, 1.54) is 0 Å². The van der Waals surface area contributed by atoms with Crippen LogP contribution in [0.5, 0.6) is 0 Å². The third-order valence-corrected chi connectivity index (χ3v) is 2.26. The molecule has 1 aromatic carbocycles. The van der Waals surface area contributed by atoms with Crippen molar-refractivity contribution in [3.63, 3.8) is 0 Å². The number of amides is 3. The van der Waals surface area contributed by atoms with Crippen molar-refractivity contribution in [3.05, 3.63) is 24.3 Å². The molecule has 0 saturated carbocycles. The molecule has 0 bridgehead atoms. The first-order valence-corrected chi connectivity index (χ1v) is 4.59. The maximum Gasteiger partial charge on any atom is 0.329 e. The van der Waals surface area contributed by atoms with Gasteiger partial charge in [0.05, 0.1) is 5.69 Å². The van der Waals surface area contributed by atoms with Gasteiger partial charge in [-0.15, -0.1) is 0 Å². The molecule has 5 nitrogen and oxygen atoms in total. The summed E-state index contributed by atoms with van der Waals surface area (Å²) in [6, 6.07) is 5.79. The van der Waals surface area contributed by atoms with Crippen LogP contribution >= 0.6 is 0 Å². The molecule has 0 aliphatic carbocycles. The van der Waals surface area contributed by atoms with Gasteiger partial charge < -0.3 is 11.1 Å². The average Bonchev–Trinajstić information content (AvgIpc) is 2.41. The number of nitrogens with one attached hydrogen (secondary N) is 1. The summed E-state index contributed by atoms with van der Waals surface area (Å²) >= 11 is 0. The molecule has 1 unspecified atom stereocenters. The zero-order chi connectivity index (χ0) is 11.0. The number of carbonyl (C=O) groups excluding carboxylic acids is 2. The topological polar surface area (TPSA) is 75.4 Å². The highest BCUT2D eigenvalue weighted by Crippen LogP contribution is 2.21. The molecular formula is C10H11N3O2. The lowest BCUT2D eigenvalue weighted by atomic mass is 10.2. The standard InChI is InChI=1S/C10H11N3O2/c1-6-9(14)13(10(15)12-6)8-4-2-3-7(11)5-8/h2-6H,11H2,1H3,(H,12,15). The van der Waals surface area contributed by atoms with E-state index >= 15 is 0 Å². The van der Waals surface area contributed by atoms with Crippen molar-refractivity contribution in [2.45, 2.75) is 13.0 Å². The number of imide groups is 1. The van der Waals surface area contributed by atoms with Crippen LogP contribution in [0.1, 0.15) is 6.92 Å². The lowest BCUT2D eigenvalue weighted by Gasteiger charge is -2.12. The zero-order valence-electron chi connectivity index (χ0n) is 8.23. The highest BCUT2D eigenvalue weighted by Gasteiger charge is 2.35. The third-order valence-electron chi connectivity index (χ3n) is 2.26. The summed E-state index contributed by atoms with van der Waals surface area (Å²) in [5.74, 6) is -0.259. The molecule has 15 heavy (non-hydrogen) atoms. The van der Waals surface area contributed by atoms with Crippen molar-refractivity contribution < 1.29 is 9.59 Å². The zero-order valence-corrected chi connectivity index (χ0v) is 8.23. The number of urea groups is 1. The summed E-state index contributed by atoms with van der Waals surface area (Å²) in [4.78, 5) is 24.2. The molecule has 0 radical (unpaired) electrons. The van der Waals surface area contributed by atoms with Crippen molar-refractivity contribution in [3.8, 4) is 0 Å². The van der Waals surface area contributed by atoms with Crippen molar-refractivity contribution >= 4 is 23.3 Å². The van der Waals surface area contributed by atoms with E-state index < -0.39 is 12.1 Å². The average molecular weight is 205 g/mol. The third kappa shape index (κ3) is 1.52. The van der Waals surface area contributed by atoms with Crippen LogP contribution in [0, 0.1) is 0 Å². The molecule has 0 aromatic heterocycles. The summed E-state index contributed by atoms with van der Waals surface area (Å²) in [5, 5.41) is 2.53. The van der Waals surface area contributed by atoms with Gasteiger partial charge in [-0.3, -0.25) is 4.79 Å². The molecule has 3 N–H and O–H groups in total. The Balaban J connectivity index is 2.39. The van der Waals surface area contributed by atoms with E-state index in [4.69, 9.17) is 5.73 Å². The minimum absolute atomic E-state index is 0.259. The second-order valence-corrected chi connectivity index (χ2v) is 3.44. The fourth-order valence-corrected chi connectivity index (χ4v) is 1.51. The molecule has 3 amide bonds. The van der Waals surface area contributed by atoms with Crippen LogP contribution in [-0.2, 0) is 4.79 Å². The van der Waals surface area contributed by atoms with Gasteiger partial charge in [0, 0.05) is 5.69 Å². The SMILES string of the molecule is CC1NC(=O)N(c2cccc(N)c2)C1=O. The van der Waals surface area contributed by atoms with Gasteiger partial charge in [0.2, 0.25) is 0 Å². The monoisotopic (exact) mass is 205 g/mol. The number of nitrogens with two attached hydrogens (primary N) is 1. The Morgan fingerprint density at radius 2 is 2.13 bits per heavy atom. The molecule has 0 spiro atoms. The molecular weight excluding hydrogens is 194 g/mol. The highest BCUT2D eigenvalue weighted by atomic mass is 16.2. The first-order valence-electron chi connectivity index (χ1n) is 4.59. The Labute approximate surface area is 86.9 Å². The van der Waals surface area contributed by atoms with Gasteiger partial charge in [0.25, 0.3) is 5.91 Å². The first-order chi connectivity index (χ1) is 7.09. The molecule has 5 heteroatoms. The van der Waals surface area contributed by atoms with Gasteiger partial charge in [-0.2, -0.15) is 0 Å². The van der Waals surface area contributed by atoms with Crippen LogP contribution in [0.3, 0.4) is 0 Å². The van der Waals surface area contributed by atoms with E-state index in [0.29, 0.717) is 11.4 Å². The lowest BCUT2D eigenvalue weighted by molar-refractivity contribution is -0.117. The quantitative estimate of drug-likeness (QED) is 0.523. The maximum absolute atomic E-state index is 11.6. The van der Waals surface area contributed by atoms with Gasteiger partial charge in [0.1, 0.15) is 6.04 Å². The lowest BCUT2D eigenvalue weighted by Crippen LogP contribution is -2.30. The van der Waals surface area contributed by atoms with Crippen LogP contribution in [0.15, 0.2) is 24.3 Å². The normalized spacial score (nSPS) is 20.6. The second kappa shape index (κ2) is 3.27. The molecule has 1 saturated heterocycles. The van der Waals surface area contributed by atoms with Gasteiger partial charge in [-0.25, -0.2) is 9.69 Å². The fourth-order valence-electron chi connectivity index (χ4n) is 1.51. The number of nitrogens with zero attached hydrogens (tertiary/aromatic N) is 1. The Morgan fingerprint density at radius 1 is 1.40 bits per heavy atom. The highest BCUT2D eigenvalue weighted by molar-refractivity contribution is 6.21. The van der Waals surface area contributed by atoms with Crippen LogP contribution in [0.4, 0.5) is 16.2 Å². The Bertz CT molecular complexity index is 430. The van der Waals surface area contributed by atoms with Crippen LogP contribution in [-0.4, -0.2) is 18.0 Å². The molecule has 1 aliphatic rings. The molecule has 1 atom stereocenters. The largest absolute Gasteiger partial charge is 0.399 e. The van der Waals surface area contributed by atoms with Crippen molar-refractivity contribution in [2.75, 3.05) is 10.6 Å². The Morgan fingerprint density at radius 3 is 2.67 bits per heavy atom. The molecule has 2 rings (SSSR count). The van der Waals surface area contributed by atoms with E-state index in [2.05, 4.69) is 5.32 Å². The van der Waals surface area contributed by atoms with E-state index in [1.807, 2.05) is 0 Å². The first kappa shape index (κ1) is 9.51.